The van der Waals surface area contributed by atoms with Gasteiger partial charge in [-0.2, -0.15) is 0 Å². The summed E-state index contributed by atoms with van der Waals surface area (Å²) in [7, 11) is 3.31. The summed E-state index contributed by atoms with van der Waals surface area (Å²) in [6, 6.07) is 11.7. The number of ether oxygens (including phenoxy) is 1. The second-order valence-corrected chi connectivity index (χ2v) is 6.69. The van der Waals surface area contributed by atoms with Gasteiger partial charge in [0.15, 0.2) is 5.76 Å². The summed E-state index contributed by atoms with van der Waals surface area (Å²) < 4.78 is 10.9. The van der Waals surface area contributed by atoms with Crippen molar-refractivity contribution in [3.05, 3.63) is 69.8 Å². The standard InChI is InChI=1S/C22H22N2O5/c1-5-28-18-12-14(21(26)24(3)4)10-11-17(18)23-20(25)19-13(2)15-8-6-7-9-16(15)22(27)29-19/h6-12H,5H2,1-4H3,(H,23,25). The van der Waals surface area contributed by atoms with Crippen molar-refractivity contribution in [1.82, 2.24) is 4.90 Å². The fourth-order valence-corrected chi connectivity index (χ4v) is 3.02. The van der Waals surface area contributed by atoms with Crippen LogP contribution in [0.1, 0.15) is 33.4 Å². The van der Waals surface area contributed by atoms with Crippen LogP contribution in [0.5, 0.6) is 5.75 Å². The van der Waals surface area contributed by atoms with Crippen LogP contribution in [0.15, 0.2) is 51.7 Å². The first-order chi connectivity index (χ1) is 13.8. The number of rotatable bonds is 5. The molecule has 3 aromatic rings. The van der Waals surface area contributed by atoms with Gasteiger partial charge >= 0.3 is 5.63 Å². The van der Waals surface area contributed by atoms with Crippen molar-refractivity contribution in [3.8, 4) is 5.75 Å². The van der Waals surface area contributed by atoms with E-state index in [2.05, 4.69) is 5.32 Å². The van der Waals surface area contributed by atoms with E-state index in [4.69, 9.17) is 9.15 Å². The number of fused-ring (bicyclic) bond motifs is 1. The van der Waals surface area contributed by atoms with Gasteiger partial charge in [-0.15, -0.1) is 0 Å². The smallest absolute Gasteiger partial charge is 0.344 e. The Hall–Kier alpha value is -3.61. The quantitative estimate of drug-likeness (QED) is 0.716. The molecular formula is C22H22N2O5. The van der Waals surface area contributed by atoms with E-state index in [1.165, 1.54) is 4.90 Å². The number of hydrogen-bond donors (Lipinski definition) is 1. The summed E-state index contributed by atoms with van der Waals surface area (Å²) >= 11 is 0. The van der Waals surface area contributed by atoms with E-state index in [-0.39, 0.29) is 11.7 Å². The Balaban J connectivity index is 1.99. The second kappa shape index (κ2) is 8.18. The summed E-state index contributed by atoms with van der Waals surface area (Å²) in [5.74, 6) is -0.461. The topological polar surface area (TPSA) is 88.8 Å². The third-order valence-corrected chi connectivity index (χ3v) is 4.48. The molecule has 0 aliphatic heterocycles. The Morgan fingerprint density at radius 2 is 1.79 bits per heavy atom. The monoisotopic (exact) mass is 394 g/mol. The highest BCUT2D eigenvalue weighted by atomic mass is 16.5. The molecule has 3 rings (SSSR count). The Labute approximate surface area is 167 Å². The number of anilines is 1. The number of carbonyl (C=O) groups is 2. The molecule has 0 spiro atoms. The van der Waals surface area contributed by atoms with Gasteiger partial charge < -0.3 is 19.4 Å². The van der Waals surface area contributed by atoms with Gasteiger partial charge in [-0.05, 0) is 43.5 Å². The van der Waals surface area contributed by atoms with Crippen LogP contribution >= 0.6 is 0 Å². The van der Waals surface area contributed by atoms with E-state index in [1.54, 1.807) is 70.4 Å². The first-order valence-electron chi connectivity index (χ1n) is 9.15. The van der Waals surface area contributed by atoms with Gasteiger partial charge in [-0.1, -0.05) is 18.2 Å². The molecule has 0 fully saturated rings. The molecule has 7 nitrogen and oxygen atoms in total. The Morgan fingerprint density at radius 1 is 1.10 bits per heavy atom. The maximum Gasteiger partial charge on any atom is 0.344 e. The Kier molecular flexibility index (Phi) is 5.68. The average Bonchev–Trinajstić information content (AvgIpc) is 2.71. The molecule has 150 valence electrons. The second-order valence-electron chi connectivity index (χ2n) is 6.69. The minimum atomic E-state index is -0.576. The van der Waals surface area contributed by atoms with Crippen LogP contribution in [-0.2, 0) is 0 Å². The highest BCUT2D eigenvalue weighted by molar-refractivity contribution is 6.06. The predicted octanol–water partition coefficient (Wildman–Crippen LogP) is 3.45. The van der Waals surface area contributed by atoms with Gasteiger partial charge in [0.25, 0.3) is 11.8 Å². The molecule has 29 heavy (non-hydrogen) atoms. The van der Waals surface area contributed by atoms with Crippen LogP contribution in [-0.4, -0.2) is 37.4 Å². The van der Waals surface area contributed by atoms with Crippen molar-refractivity contribution in [1.29, 1.82) is 0 Å². The SMILES string of the molecule is CCOc1cc(C(=O)N(C)C)ccc1NC(=O)c1oc(=O)c2ccccc2c1C. The number of aryl methyl sites for hydroxylation is 1. The molecule has 2 aromatic carbocycles. The van der Waals surface area contributed by atoms with Crippen molar-refractivity contribution >= 4 is 28.3 Å². The molecule has 1 N–H and O–H groups in total. The molecule has 0 aliphatic carbocycles. The molecule has 0 saturated carbocycles. The van der Waals surface area contributed by atoms with Crippen LogP contribution in [0.2, 0.25) is 0 Å². The van der Waals surface area contributed by atoms with Crippen LogP contribution < -0.4 is 15.7 Å². The first-order valence-corrected chi connectivity index (χ1v) is 9.15. The van der Waals surface area contributed by atoms with Gasteiger partial charge in [0, 0.05) is 25.2 Å². The van der Waals surface area contributed by atoms with Crippen molar-refractivity contribution in [2.45, 2.75) is 13.8 Å². The maximum absolute atomic E-state index is 12.8. The van der Waals surface area contributed by atoms with E-state index < -0.39 is 11.5 Å². The van der Waals surface area contributed by atoms with E-state index in [0.29, 0.717) is 39.9 Å². The molecule has 0 radical (unpaired) electrons. The number of amides is 2. The summed E-state index contributed by atoms with van der Waals surface area (Å²) in [5, 5.41) is 3.80. The lowest BCUT2D eigenvalue weighted by Crippen LogP contribution is -2.22. The fourth-order valence-electron chi connectivity index (χ4n) is 3.02. The first kappa shape index (κ1) is 20.1. The summed E-state index contributed by atoms with van der Waals surface area (Å²) in [5.41, 5.74) is 0.801. The number of nitrogens with zero attached hydrogens (tertiary/aromatic N) is 1. The molecule has 0 saturated heterocycles. The zero-order chi connectivity index (χ0) is 21.1. The summed E-state index contributed by atoms with van der Waals surface area (Å²) in [4.78, 5) is 38.7. The van der Waals surface area contributed by atoms with E-state index >= 15 is 0 Å². The molecular weight excluding hydrogens is 372 g/mol. The number of hydrogen-bond acceptors (Lipinski definition) is 5. The molecule has 0 unspecified atom stereocenters. The van der Waals surface area contributed by atoms with E-state index in [9.17, 15) is 14.4 Å². The van der Waals surface area contributed by atoms with Gasteiger partial charge in [-0.3, -0.25) is 9.59 Å². The van der Waals surface area contributed by atoms with E-state index in [1.807, 2.05) is 0 Å². The maximum atomic E-state index is 12.8. The Bertz CT molecular complexity index is 1150. The van der Waals surface area contributed by atoms with Gasteiger partial charge in [0.1, 0.15) is 5.75 Å². The van der Waals surface area contributed by atoms with Crippen LogP contribution in [0.3, 0.4) is 0 Å². The summed E-state index contributed by atoms with van der Waals surface area (Å²) in [6.45, 7) is 3.88. The van der Waals surface area contributed by atoms with Crippen molar-refractivity contribution in [3.63, 3.8) is 0 Å². The van der Waals surface area contributed by atoms with Gasteiger partial charge in [0.2, 0.25) is 0 Å². The van der Waals surface area contributed by atoms with Crippen molar-refractivity contribution in [2.75, 3.05) is 26.0 Å². The molecule has 1 heterocycles. The zero-order valence-electron chi connectivity index (χ0n) is 16.7. The number of benzene rings is 2. The molecule has 0 aliphatic rings. The van der Waals surface area contributed by atoms with Crippen molar-refractivity contribution in [2.24, 2.45) is 0 Å². The van der Waals surface area contributed by atoms with Crippen LogP contribution in [0, 0.1) is 6.92 Å². The van der Waals surface area contributed by atoms with E-state index in [0.717, 1.165) is 0 Å². The molecule has 0 atom stereocenters. The molecule has 7 heteroatoms. The number of carbonyl (C=O) groups excluding carboxylic acids is 2. The number of nitrogens with one attached hydrogen (secondary N) is 1. The third-order valence-electron chi connectivity index (χ3n) is 4.48. The largest absolute Gasteiger partial charge is 0.492 e. The molecule has 2 amide bonds. The third kappa shape index (κ3) is 3.99. The fraction of sp³-hybridized carbons (Fsp3) is 0.227. The molecule has 1 aromatic heterocycles. The normalized spacial score (nSPS) is 10.6. The lowest BCUT2D eigenvalue weighted by Gasteiger charge is -2.15. The average molecular weight is 394 g/mol. The van der Waals surface area contributed by atoms with Crippen molar-refractivity contribution < 1.29 is 18.7 Å². The highest BCUT2D eigenvalue weighted by Gasteiger charge is 2.19. The van der Waals surface area contributed by atoms with Crippen LogP contribution in [0.25, 0.3) is 10.8 Å². The van der Waals surface area contributed by atoms with Gasteiger partial charge in [0.05, 0.1) is 17.7 Å². The lowest BCUT2D eigenvalue weighted by atomic mass is 10.1. The lowest BCUT2D eigenvalue weighted by molar-refractivity contribution is 0.0827. The summed E-state index contributed by atoms with van der Waals surface area (Å²) in [6.07, 6.45) is 0. The van der Waals surface area contributed by atoms with Gasteiger partial charge in [-0.25, -0.2) is 4.79 Å². The molecule has 0 bridgehead atoms. The Morgan fingerprint density at radius 3 is 2.45 bits per heavy atom. The minimum Gasteiger partial charge on any atom is -0.492 e. The predicted molar refractivity (Wildman–Crippen MR) is 111 cm³/mol. The minimum absolute atomic E-state index is 0.0652. The van der Waals surface area contributed by atoms with Crippen LogP contribution in [0.4, 0.5) is 5.69 Å². The zero-order valence-corrected chi connectivity index (χ0v) is 16.7. The highest BCUT2D eigenvalue weighted by Crippen LogP contribution is 2.28.